The van der Waals surface area contributed by atoms with E-state index in [-0.39, 0.29) is 5.91 Å². The second kappa shape index (κ2) is 2.59. The predicted octanol–water partition coefficient (Wildman–Crippen LogP) is -0.0220. The van der Waals surface area contributed by atoms with Gasteiger partial charge in [0.25, 0.3) is 0 Å². The number of piperidine rings is 2. The monoisotopic (exact) mass is 166 g/mol. The van der Waals surface area contributed by atoms with Gasteiger partial charge in [-0.25, -0.2) is 0 Å². The highest BCUT2D eigenvalue weighted by Crippen LogP contribution is 2.38. The molecule has 3 fully saturated rings. The zero-order chi connectivity index (χ0) is 8.72. The Kier molecular flexibility index (Phi) is 1.68. The predicted molar refractivity (Wildman–Crippen MR) is 46.3 cm³/mol. The molecule has 1 amide bonds. The van der Waals surface area contributed by atoms with E-state index in [4.69, 9.17) is 5.73 Å². The Bertz CT molecular complexity index is 215. The molecule has 0 spiro atoms. The lowest BCUT2D eigenvalue weighted by Crippen LogP contribution is -2.62. The number of carbonyl (C=O) groups excluding carboxylic acids is 1. The van der Waals surface area contributed by atoms with Crippen LogP contribution in [0.5, 0.6) is 0 Å². The lowest BCUT2D eigenvalue weighted by Gasteiger charge is -2.51. The molecule has 2 bridgehead atoms. The third-order valence-corrected chi connectivity index (χ3v) is 3.09. The summed E-state index contributed by atoms with van der Waals surface area (Å²) in [5, 5.41) is 0. The Morgan fingerprint density at radius 2 is 2.08 bits per heavy atom. The standard InChI is InChI=1S/C9H14N2O/c1-2-8(12)11-4-6-3-7(5-11)9(6)10/h2,6-7,9H,1,3-5,10H2. The molecule has 2 heterocycles. The Morgan fingerprint density at radius 1 is 1.50 bits per heavy atom. The number of nitrogens with two attached hydrogens (primary N) is 1. The molecule has 3 rings (SSSR count). The molecule has 3 heteroatoms. The molecule has 0 aromatic heterocycles. The summed E-state index contributed by atoms with van der Waals surface area (Å²) >= 11 is 0. The minimum atomic E-state index is 0.0524. The fourth-order valence-corrected chi connectivity index (χ4v) is 2.23. The van der Waals surface area contributed by atoms with Crippen molar-refractivity contribution in [3.8, 4) is 0 Å². The van der Waals surface area contributed by atoms with E-state index in [1.807, 2.05) is 4.90 Å². The summed E-state index contributed by atoms with van der Waals surface area (Å²) < 4.78 is 0. The molecule has 0 aromatic carbocycles. The van der Waals surface area contributed by atoms with Crippen LogP contribution in [0, 0.1) is 11.8 Å². The first kappa shape index (κ1) is 7.80. The van der Waals surface area contributed by atoms with Gasteiger partial charge in [-0.2, -0.15) is 0 Å². The van der Waals surface area contributed by atoms with Gasteiger partial charge in [-0.3, -0.25) is 4.79 Å². The van der Waals surface area contributed by atoms with Gasteiger partial charge in [0.2, 0.25) is 5.91 Å². The van der Waals surface area contributed by atoms with Crippen LogP contribution in [0.25, 0.3) is 0 Å². The van der Waals surface area contributed by atoms with Crippen LogP contribution in [-0.2, 0) is 4.79 Å². The maximum atomic E-state index is 11.2. The molecule has 2 N–H and O–H groups in total. The summed E-state index contributed by atoms with van der Waals surface area (Å²) in [7, 11) is 0. The van der Waals surface area contributed by atoms with E-state index in [1.165, 1.54) is 12.5 Å². The van der Waals surface area contributed by atoms with Gasteiger partial charge in [0.05, 0.1) is 0 Å². The summed E-state index contributed by atoms with van der Waals surface area (Å²) in [6.07, 6.45) is 2.60. The molecule has 0 radical (unpaired) electrons. The average Bonchev–Trinajstić information content (AvgIpc) is 2.16. The second-order valence-electron chi connectivity index (χ2n) is 3.78. The van der Waals surface area contributed by atoms with Crippen molar-refractivity contribution in [2.45, 2.75) is 12.5 Å². The van der Waals surface area contributed by atoms with Crippen molar-refractivity contribution in [3.05, 3.63) is 12.7 Å². The summed E-state index contributed by atoms with van der Waals surface area (Å²) in [4.78, 5) is 13.1. The molecule has 1 saturated carbocycles. The number of hydrogen-bond donors (Lipinski definition) is 1. The molecule has 2 aliphatic heterocycles. The number of rotatable bonds is 1. The minimum Gasteiger partial charge on any atom is -0.339 e. The maximum absolute atomic E-state index is 11.2. The maximum Gasteiger partial charge on any atom is 0.245 e. The van der Waals surface area contributed by atoms with Crippen molar-refractivity contribution in [1.82, 2.24) is 4.90 Å². The second-order valence-corrected chi connectivity index (χ2v) is 3.78. The molecule has 1 aliphatic carbocycles. The first-order chi connectivity index (χ1) is 5.72. The molecule has 2 saturated heterocycles. The first-order valence-electron chi connectivity index (χ1n) is 4.39. The van der Waals surface area contributed by atoms with Crippen LogP contribution in [-0.4, -0.2) is 29.9 Å². The lowest BCUT2D eigenvalue weighted by atomic mass is 9.67. The third kappa shape index (κ3) is 0.966. The molecular weight excluding hydrogens is 152 g/mol. The molecular formula is C9H14N2O. The van der Waals surface area contributed by atoms with Crippen LogP contribution < -0.4 is 5.73 Å². The smallest absolute Gasteiger partial charge is 0.245 e. The Labute approximate surface area is 72.2 Å². The lowest BCUT2D eigenvalue weighted by molar-refractivity contribution is -0.133. The van der Waals surface area contributed by atoms with Gasteiger partial charge < -0.3 is 10.6 Å². The number of fused-ring (bicyclic) bond motifs is 2. The quantitative estimate of drug-likeness (QED) is 0.556. The van der Waals surface area contributed by atoms with E-state index in [1.54, 1.807) is 0 Å². The van der Waals surface area contributed by atoms with Crippen molar-refractivity contribution in [3.63, 3.8) is 0 Å². The number of amides is 1. The number of nitrogens with zero attached hydrogens (tertiary/aromatic N) is 1. The number of hydrogen-bond acceptors (Lipinski definition) is 2. The van der Waals surface area contributed by atoms with Crippen LogP contribution in [0.2, 0.25) is 0 Å². The van der Waals surface area contributed by atoms with Crippen LogP contribution in [0.15, 0.2) is 12.7 Å². The highest BCUT2D eigenvalue weighted by Gasteiger charge is 2.45. The van der Waals surface area contributed by atoms with Crippen LogP contribution in [0.1, 0.15) is 6.42 Å². The topological polar surface area (TPSA) is 46.3 Å². The molecule has 12 heavy (non-hydrogen) atoms. The van der Waals surface area contributed by atoms with Crippen LogP contribution >= 0.6 is 0 Å². The van der Waals surface area contributed by atoms with E-state index in [9.17, 15) is 4.79 Å². The van der Waals surface area contributed by atoms with Crippen LogP contribution in [0.4, 0.5) is 0 Å². The molecule has 3 aliphatic rings. The fraction of sp³-hybridized carbons (Fsp3) is 0.667. The summed E-state index contributed by atoms with van der Waals surface area (Å²) in [6.45, 7) is 5.14. The van der Waals surface area contributed by atoms with Gasteiger partial charge in [-0.15, -0.1) is 0 Å². The zero-order valence-electron chi connectivity index (χ0n) is 7.07. The van der Waals surface area contributed by atoms with E-state index < -0.39 is 0 Å². The summed E-state index contributed by atoms with van der Waals surface area (Å²) in [5.74, 6) is 1.15. The van der Waals surface area contributed by atoms with E-state index >= 15 is 0 Å². The summed E-state index contributed by atoms with van der Waals surface area (Å²) in [5.41, 5.74) is 5.87. The van der Waals surface area contributed by atoms with Crippen molar-refractivity contribution >= 4 is 5.91 Å². The van der Waals surface area contributed by atoms with E-state index in [0.29, 0.717) is 17.9 Å². The first-order valence-corrected chi connectivity index (χ1v) is 4.39. The minimum absolute atomic E-state index is 0.0524. The van der Waals surface area contributed by atoms with E-state index in [2.05, 4.69) is 6.58 Å². The van der Waals surface area contributed by atoms with Gasteiger partial charge in [-0.1, -0.05) is 6.58 Å². The average molecular weight is 166 g/mol. The van der Waals surface area contributed by atoms with Gasteiger partial charge in [0, 0.05) is 19.1 Å². The largest absolute Gasteiger partial charge is 0.339 e. The van der Waals surface area contributed by atoms with Crippen molar-refractivity contribution in [2.75, 3.05) is 13.1 Å². The zero-order valence-corrected chi connectivity index (χ0v) is 7.07. The normalized spacial score (nSPS) is 38.8. The number of carbonyl (C=O) groups is 1. The highest BCUT2D eigenvalue weighted by atomic mass is 16.2. The molecule has 0 aromatic rings. The fourth-order valence-electron chi connectivity index (χ4n) is 2.23. The van der Waals surface area contributed by atoms with Gasteiger partial charge >= 0.3 is 0 Å². The Hall–Kier alpha value is -0.830. The summed E-state index contributed by atoms with van der Waals surface area (Å²) in [6, 6.07) is 0.346. The van der Waals surface area contributed by atoms with E-state index in [0.717, 1.165) is 13.1 Å². The molecule has 2 atom stereocenters. The molecule has 3 nitrogen and oxygen atoms in total. The van der Waals surface area contributed by atoms with Crippen molar-refractivity contribution in [1.29, 1.82) is 0 Å². The third-order valence-electron chi connectivity index (χ3n) is 3.09. The van der Waals surface area contributed by atoms with Crippen LogP contribution in [0.3, 0.4) is 0 Å². The Morgan fingerprint density at radius 3 is 2.50 bits per heavy atom. The van der Waals surface area contributed by atoms with Gasteiger partial charge in [-0.05, 0) is 24.3 Å². The Balaban J connectivity index is 1.98. The SMILES string of the molecule is C=CC(=O)N1CC2CC(C1)C2N. The van der Waals surface area contributed by atoms with Gasteiger partial charge in [0.1, 0.15) is 0 Å². The van der Waals surface area contributed by atoms with Gasteiger partial charge in [0.15, 0.2) is 0 Å². The van der Waals surface area contributed by atoms with Crippen molar-refractivity contribution in [2.24, 2.45) is 17.6 Å². The molecule has 2 unspecified atom stereocenters. The van der Waals surface area contributed by atoms with Crippen molar-refractivity contribution < 1.29 is 4.79 Å². The highest BCUT2D eigenvalue weighted by molar-refractivity contribution is 5.87. The molecule has 66 valence electrons.